The molecule has 1 unspecified atom stereocenters. The van der Waals surface area contributed by atoms with Crippen LogP contribution in [0, 0.1) is 0 Å². The Morgan fingerprint density at radius 2 is 1.75 bits per heavy atom. The monoisotopic (exact) mass is 267 g/mol. The molecular formula is C18H21NO. The summed E-state index contributed by atoms with van der Waals surface area (Å²) in [5.41, 5.74) is 4.25. The Balaban J connectivity index is 1.90. The first-order valence-corrected chi connectivity index (χ1v) is 7.35. The fraction of sp³-hybridized carbons (Fsp3) is 0.333. The highest BCUT2D eigenvalue weighted by molar-refractivity contribution is 5.34. The minimum Gasteiger partial charge on any atom is -0.395 e. The van der Waals surface area contributed by atoms with Crippen LogP contribution in [-0.2, 0) is 12.8 Å². The van der Waals surface area contributed by atoms with Crippen LogP contribution in [0.1, 0.15) is 22.7 Å². The maximum Gasteiger partial charge on any atom is 0.0558 e. The molecule has 0 fully saturated rings. The normalized spacial score (nSPS) is 18.8. The Morgan fingerprint density at radius 3 is 2.55 bits per heavy atom. The van der Waals surface area contributed by atoms with Gasteiger partial charge in [0, 0.05) is 19.1 Å². The number of nitrogens with zero attached hydrogens (tertiary/aromatic N) is 1. The van der Waals surface area contributed by atoms with Crippen LogP contribution in [0.2, 0.25) is 0 Å². The zero-order valence-corrected chi connectivity index (χ0v) is 11.7. The highest BCUT2D eigenvalue weighted by atomic mass is 16.3. The molecule has 0 saturated carbocycles. The first-order valence-electron chi connectivity index (χ1n) is 7.35. The van der Waals surface area contributed by atoms with E-state index in [1.165, 1.54) is 16.7 Å². The number of aliphatic hydroxyl groups excluding tert-OH is 1. The van der Waals surface area contributed by atoms with Crippen molar-refractivity contribution in [3.63, 3.8) is 0 Å². The van der Waals surface area contributed by atoms with E-state index in [0.29, 0.717) is 6.04 Å². The molecule has 0 radical (unpaired) electrons. The predicted octanol–water partition coefficient (Wildman–Crippen LogP) is 2.82. The molecule has 2 nitrogen and oxygen atoms in total. The molecule has 2 heteroatoms. The number of hydrogen-bond acceptors (Lipinski definition) is 2. The first kappa shape index (κ1) is 13.3. The van der Waals surface area contributed by atoms with E-state index in [2.05, 4.69) is 59.5 Å². The molecule has 0 spiro atoms. The van der Waals surface area contributed by atoms with E-state index in [0.717, 1.165) is 25.9 Å². The molecule has 104 valence electrons. The number of benzene rings is 2. The van der Waals surface area contributed by atoms with Gasteiger partial charge in [-0.25, -0.2) is 0 Å². The Morgan fingerprint density at radius 1 is 1.00 bits per heavy atom. The average molecular weight is 267 g/mol. The summed E-state index contributed by atoms with van der Waals surface area (Å²) in [5.74, 6) is 0. The lowest BCUT2D eigenvalue weighted by Crippen LogP contribution is -2.38. The van der Waals surface area contributed by atoms with E-state index < -0.39 is 0 Å². The SMILES string of the molecule is OCCN1CCc2ccccc2C1Cc1ccccc1. The molecule has 2 aromatic rings. The largest absolute Gasteiger partial charge is 0.395 e. The lowest BCUT2D eigenvalue weighted by atomic mass is 9.89. The van der Waals surface area contributed by atoms with Crippen LogP contribution >= 0.6 is 0 Å². The number of rotatable bonds is 4. The minimum absolute atomic E-state index is 0.230. The molecule has 0 aliphatic carbocycles. The van der Waals surface area contributed by atoms with Gasteiger partial charge in [-0.2, -0.15) is 0 Å². The van der Waals surface area contributed by atoms with E-state index >= 15 is 0 Å². The van der Waals surface area contributed by atoms with Crippen molar-refractivity contribution in [2.75, 3.05) is 19.7 Å². The molecule has 1 atom stereocenters. The molecule has 20 heavy (non-hydrogen) atoms. The van der Waals surface area contributed by atoms with Gasteiger partial charge in [-0.05, 0) is 29.5 Å². The van der Waals surface area contributed by atoms with Crippen LogP contribution in [-0.4, -0.2) is 29.7 Å². The van der Waals surface area contributed by atoms with Crippen LogP contribution in [0.15, 0.2) is 54.6 Å². The molecule has 3 rings (SSSR count). The summed E-state index contributed by atoms with van der Waals surface area (Å²) < 4.78 is 0. The second kappa shape index (κ2) is 6.21. The standard InChI is InChI=1S/C18H21NO/c20-13-12-19-11-10-16-8-4-5-9-17(16)18(19)14-15-6-2-1-3-7-15/h1-9,18,20H,10-14H2. The lowest BCUT2D eigenvalue weighted by Gasteiger charge is -2.37. The van der Waals surface area contributed by atoms with Gasteiger partial charge < -0.3 is 5.11 Å². The third-order valence-electron chi connectivity index (χ3n) is 4.18. The second-order valence-corrected chi connectivity index (χ2v) is 5.41. The zero-order chi connectivity index (χ0) is 13.8. The predicted molar refractivity (Wildman–Crippen MR) is 81.7 cm³/mol. The van der Waals surface area contributed by atoms with E-state index in [-0.39, 0.29) is 6.61 Å². The van der Waals surface area contributed by atoms with Gasteiger partial charge in [-0.15, -0.1) is 0 Å². The van der Waals surface area contributed by atoms with Crippen molar-refractivity contribution >= 4 is 0 Å². The summed E-state index contributed by atoms with van der Waals surface area (Å²) in [5, 5.41) is 9.31. The number of aliphatic hydroxyl groups is 1. The Labute approximate surface area is 120 Å². The molecule has 0 amide bonds. The van der Waals surface area contributed by atoms with Gasteiger partial charge in [0.1, 0.15) is 0 Å². The fourth-order valence-corrected chi connectivity index (χ4v) is 3.18. The Bertz CT molecular complexity index is 552. The van der Waals surface area contributed by atoms with Gasteiger partial charge >= 0.3 is 0 Å². The topological polar surface area (TPSA) is 23.5 Å². The summed E-state index contributed by atoms with van der Waals surface area (Å²) in [6.45, 7) is 2.02. The highest BCUT2D eigenvalue weighted by Crippen LogP contribution is 2.32. The second-order valence-electron chi connectivity index (χ2n) is 5.41. The summed E-state index contributed by atoms with van der Waals surface area (Å²) >= 11 is 0. The maximum atomic E-state index is 9.31. The van der Waals surface area contributed by atoms with E-state index in [1.54, 1.807) is 0 Å². The first-order chi connectivity index (χ1) is 9.88. The van der Waals surface area contributed by atoms with Crippen LogP contribution < -0.4 is 0 Å². The van der Waals surface area contributed by atoms with Gasteiger partial charge in [-0.3, -0.25) is 4.90 Å². The van der Waals surface area contributed by atoms with Crippen molar-refractivity contribution in [3.05, 3.63) is 71.3 Å². The van der Waals surface area contributed by atoms with Crippen molar-refractivity contribution in [1.29, 1.82) is 0 Å². The van der Waals surface area contributed by atoms with Crippen molar-refractivity contribution < 1.29 is 5.11 Å². The van der Waals surface area contributed by atoms with Crippen molar-refractivity contribution in [1.82, 2.24) is 4.90 Å². The number of hydrogen-bond donors (Lipinski definition) is 1. The smallest absolute Gasteiger partial charge is 0.0558 e. The lowest BCUT2D eigenvalue weighted by molar-refractivity contribution is 0.141. The van der Waals surface area contributed by atoms with E-state index in [4.69, 9.17) is 0 Å². The number of fused-ring (bicyclic) bond motifs is 1. The number of β-amino-alcohol motifs (C(OH)–C–C–N with tert-alkyl or cyclic N) is 1. The van der Waals surface area contributed by atoms with Crippen molar-refractivity contribution in [2.24, 2.45) is 0 Å². The van der Waals surface area contributed by atoms with Crippen LogP contribution in [0.4, 0.5) is 0 Å². The molecular weight excluding hydrogens is 246 g/mol. The zero-order valence-electron chi connectivity index (χ0n) is 11.7. The van der Waals surface area contributed by atoms with Crippen LogP contribution in [0.5, 0.6) is 0 Å². The molecule has 0 aromatic heterocycles. The van der Waals surface area contributed by atoms with Crippen molar-refractivity contribution in [2.45, 2.75) is 18.9 Å². The molecule has 1 heterocycles. The average Bonchev–Trinajstić information content (AvgIpc) is 2.51. The van der Waals surface area contributed by atoms with Gasteiger partial charge in [0.15, 0.2) is 0 Å². The van der Waals surface area contributed by atoms with E-state index in [1.807, 2.05) is 0 Å². The molecule has 0 saturated heterocycles. The quantitative estimate of drug-likeness (QED) is 0.921. The van der Waals surface area contributed by atoms with Gasteiger partial charge in [-0.1, -0.05) is 54.6 Å². The minimum atomic E-state index is 0.230. The summed E-state index contributed by atoms with van der Waals surface area (Å²) in [7, 11) is 0. The van der Waals surface area contributed by atoms with Crippen molar-refractivity contribution in [3.8, 4) is 0 Å². The third kappa shape index (κ3) is 2.77. The molecule has 1 N–H and O–H groups in total. The Kier molecular flexibility index (Phi) is 4.14. The molecule has 1 aliphatic heterocycles. The molecule has 0 bridgehead atoms. The molecule has 1 aliphatic rings. The van der Waals surface area contributed by atoms with Crippen LogP contribution in [0.3, 0.4) is 0 Å². The third-order valence-corrected chi connectivity index (χ3v) is 4.18. The van der Waals surface area contributed by atoms with Gasteiger partial charge in [0.05, 0.1) is 6.61 Å². The maximum absolute atomic E-state index is 9.31. The summed E-state index contributed by atoms with van der Waals surface area (Å²) in [6, 6.07) is 19.7. The van der Waals surface area contributed by atoms with Gasteiger partial charge in [0.25, 0.3) is 0 Å². The van der Waals surface area contributed by atoms with E-state index in [9.17, 15) is 5.11 Å². The molecule has 2 aromatic carbocycles. The fourth-order valence-electron chi connectivity index (χ4n) is 3.18. The summed E-state index contributed by atoms with van der Waals surface area (Å²) in [6.07, 6.45) is 2.10. The van der Waals surface area contributed by atoms with Gasteiger partial charge in [0.2, 0.25) is 0 Å². The highest BCUT2D eigenvalue weighted by Gasteiger charge is 2.26. The summed E-state index contributed by atoms with van der Waals surface area (Å²) in [4.78, 5) is 2.41. The Hall–Kier alpha value is -1.64. The van der Waals surface area contributed by atoms with Crippen LogP contribution in [0.25, 0.3) is 0 Å².